The maximum atomic E-state index is 12.5. The number of aromatic nitrogens is 1. The number of fused-ring (bicyclic) bond motifs is 1. The summed E-state index contributed by atoms with van der Waals surface area (Å²) in [6, 6.07) is 14.5. The summed E-state index contributed by atoms with van der Waals surface area (Å²) in [4.78, 5) is 21.6. The van der Waals surface area contributed by atoms with Crippen molar-refractivity contribution in [1.29, 1.82) is 0 Å². The van der Waals surface area contributed by atoms with Crippen LogP contribution in [-0.4, -0.2) is 56.1 Å². The number of sulfone groups is 1. The van der Waals surface area contributed by atoms with Gasteiger partial charge in [0.15, 0.2) is 15.0 Å². The van der Waals surface area contributed by atoms with Gasteiger partial charge in [0.05, 0.1) is 20.9 Å². The maximum Gasteiger partial charge on any atom is 0.222 e. The molecule has 1 saturated heterocycles. The van der Waals surface area contributed by atoms with Crippen LogP contribution < -0.4 is 4.90 Å². The van der Waals surface area contributed by atoms with Crippen LogP contribution in [0.3, 0.4) is 0 Å². The quantitative estimate of drug-likeness (QED) is 0.504. The summed E-state index contributed by atoms with van der Waals surface area (Å²) in [5, 5.41) is 0.976. The summed E-state index contributed by atoms with van der Waals surface area (Å²) >= 11 is 5.15. The fourth-order valence-electron chi connectivity index (χ4n) is 3.49. The zero-order valence-electron chi connectivity index (χ0n) is 16.3. The highest BCUT2D eigenvalue weighted by Crippen LogP contribution is 2.31. The number of benzene rings is 2. The van der Waals surface area contributed by atoms with Gasteiger partial charge < -0.3 is 9.80 Å². The monoisotopic (exact) mass is 507 g/mol. The van der Waals surface area contributed by atoms with Crippen molar-refractivity contribution in [1.82, 2.24) is 9.88 Å². The van der Waals surface area contributed by atoms with E-state index in [1.165, 1.54) is 0 Å². The molecule has 0 spiro atoms. The van der Waals surface area contributed by atoms with Crippen molar-refractivity contribution in [3.63, 3.8) is 0 Å². The van der Waals surface area contributed by atoms with E-state index in [4.69, 9.17) is 4.98 Å². The Morgan fingerprint density at radius 2 is 1.80 bits per heavy atom. The molecule has 0 unspecified atom stereocenters. The van der Waals surface area contributed by atoms with Gasteiger partial charge in [-0.2, -0.15) is 0 Å². The van der Waals surface area contributed by atoms with E-state index in [1.54, 1.807) is 41.7 Å². The molecule has 4 rings (SSSR count). The van der Waals surface area contributed by atoms with Crippen molar-refractivity contribution in [2.75, 3.05) is 36.8 Å². The Kier molecular flexibility index (Phi) is 6.40. The van der Waals surface area contributed by atoms with E-state index in [-0.39, 0.29) is 18.1 Å². The lowest BCUT2D eigenvalue weighted by Gasteiger charge is -2.34. The van der Waals surface area contributed by atoms with Crippen molar-refractivity contribution in [2.24, 2.45) is 0 Å². The molecule has 1 aliphatic heterocycles. The largest absolute Gasteiger partial charge is 0.345 e. The second kappa shape index (κ2) is 9.03. The number of carbonyl (C=O) groups excluding carboxylic acids is 1. The first-order valence-corrected chi connectivity index (χ1v) is 13.1. The fraction of sp³-hybridized carbons (Fsp3) is 0.333. The predicted molar refractivity (Wildman–Crippen MR) is 124 cm³/mol. The first kappa shape index (κ1) is 21.3. The number of nitrogens with zero attached hydrogens (tertiary/aromatic N) is 3. The second-order valence-electron chi connectivity index (χ2n) is 7.21. The molecular formula is C21H22BrN3O3S2. The summed E-state index contributed by atoms with van der Waals surface area (Å²) in [5.41, 5.74) is 0.983. The van der Waals surface area contributed by atoms with Gasteiger partial charge in [-0.15, -0.1) is 0 Å². The number of thiazole rings is 1. The van der Waals surface area contributed by atoms with E-state index in [2.05, 4.69) is 26.9 Å². The highest BCUT2D eigenvalue weighted by atomic mass is 79.9. The van der Waals surface area contributed by atoms with E-state index in [0.717, 1.165) is 32.9 Å². The third-order valence-corrected chi connectivity index (χ3v) is 8.54. The van der Waals surface area contributed by atoms with Gasteiger partial charge in [-0.25, -0.2) is 13.4 Å². The van der Waals surface area contributed by atoms with E-state index in [0.29, 0.717) is 24.4 Å². The summed E-state index contributed by atoms with van der Waals surface area (Å²) in [6.45, 7) is 2.72. The SMILES string of the molecule is O=C(CCCS(=O)(=O)c1ccccc1)N1CCN(c2nc3ccc(Br)cc3s2)CC1. The van der Waals surface area contributed by atoms with Gasteiger partial charge in [0.25, 0.3) is 0 Å². The Morgan fingerprint density at radius 3 is 2.53 bits per heavy atom. The number of amides is 1. The average molecular weight is 508 g/mol. The minimum atomic E-state index is -3.34. The van der Waals surface area contributed by atoms with Crippen LogP contribution in [0.2, 0.25) is 0 Å². The third-order valence-electron chi connectivity index (χ3n) is 5.15. The summed E-state index contributed by atoms with van der Waals surface area (Å²) < 4.78 is 26.9. The number of hydrogen-bond acceptors (Lipinski definition) is 6. The fourth-order valence-corrected chi connectivity index (χ4v) is 6.39. The molecule has 158 valence electrons. The van der Waals surface area contributed by atoms with Crippen LogP contribution >= 0.6 is 27.3 Å². The predicted octanol–water partition coefficient (Wildman–Crippen LogP) is 3.96. The van der Waals surface area contributed by atoms with Crippen LogP contribution in [0.15, 0.2) is 57.9 Å². The van der Waals surface area contributed by atoms with Gasteiger partial charge in [0, 0.05) is 37.1 Å². The normalized spacial score (nSPS) is 15.0. The molecule has 0 atom stereocenters. The third kappa shape index (κ3) is 4.84. The molecule has 30 heavy (non-hydrogen) atoms. The van der Waals surface area contributed by atoms with Crippen LogP contribution in [0.1, 0.15) is 12.8 Å². The smallest absolute Gasteiger partial charge is 0.222 e. The molecule has 1 fully saturated rings. The van der Waals surface area contributed by atoms with Gasteiger partial charge in [-0.1, -0.05) is 45.5 Å². The molecule has 0 N–H and O–H groups in total. The molecule has 1 amide bonds. The van der Waals surface area contributed by atoms with Crippen LogP contribution in [0, 0.1) is 0 Å². The number of halogens is 1. The molecule has 1 aromatic heterocycles. The number of anilines is 1. The Balaban J connectivity index is 1.28. The molecule has 2 heterocycles. The van der Waals surface area contributed by atoms with E-state index in [1.807, 2.05) is 17.0 Å². The first-order chi connectivity index (χ1) is 14.4. The van der Waals surface area contributed by atoms with Gasteiger partial charge in [0.2, 0.25) is 5.91 Å². The molecule has 9 heteroatoms. The molecule has 0 aliphatic carbocycles. The Morgan fingerprint density at radius 1 is 1.07 bits per heavy atom. The maximum absolute atomic E-state index is 12.5. The number of hydrogen-bond donors (Lipinski definition) is 0. The lowest BCUT2D eigenvalue weighted by atomic mass is 10.2. The van der Waals surface area contributed by atoms with Crippen LogP contribution in [0.4, 0.5) is 5.13 Å². The Hall–Kier alpha value is -1.97. The molecule has 3 aromatic rings. The number of carbonyl (C=O) groups is 1. The minimum absolute atomic E-state index is 0.00994. The van der Waals surface area contributed by atoms with Gasteiger partial charge >= 0.3 is 0 Å². The average Bonchev–Trinajstić information content (AvgIpc) is 3.17. The zero-order chi connectivity index (χ0) is 21.1. The van der Waals surface area contributed by atoms with Gasteiger partial charge in [-0.05, 0) is 36.8 Å². The first-order valence-electron chi connectivity index (χ1n) is 9.79. The summed E-state index contributed by atoms with van der Waals surface area (Å²) in [7, 11) is -3.34. The topological polar surface area (TPSA) is 70.6 Å². The van der Waals surface area contributed by atoms with Gasteiger partial charge in [-0.3, -0.25) is 4.79 Å². The van der Waals surface area contributed by atoms with Crippen LogP contribution in [-0.2, 0) is 14.6 Å². The van der Waals surface area contributed by atoms with E-state index >= 15 is 0 Å². The van der Waals surface area contributed by atoms with Gasteiger partial charge in [0.1, 0.15) is 0 Å². The second-order valence-corrected chi connectivity index (χ2v) is 11.2. The minimum Gasteiger partial charge on any atom is -0.345 e. The highest BCUT2D eigenvalue weighted by molar-refractivity contribution is 9.10. The number of rotatable bonds is 6. The molecule has 6 nitrogen and oxygen atoms in total. The molecule has 1 aliphatic rings. The zero-order valence-corrected chi connectivity index (χ0v) is 19.5. The van der Waals surface area contributed by atoms with Crippen molar-refractivity contribution in [2.45, 2.75) is 17.7 Å². The van der Waals surface area contributed by atoms with Crippen LogP contribution in [0.25, 0.3) is 10.2 Å². The lowest BCUT2D eigenvalue weighted by molar-refractivity contribution is -0.131. The molecule has 0 radical (unpaired) electrons. The Labute approximate surface area is 188 Å². The van der Waals surface area contributed by atoms with Crippen molar-refractivity contribution >= 4 is 58.4 Å². The van der Waals surface area contributed by atoms with Crippen molar-refractivity contribution in [3.8, 4) is 0 Å². The van der Waals surface area contributed by atoms with E-state index < -0.39 is 9.84 Å². The molecule has 0 bridgehead atoms. The molecule has 0 saturated carbocycles. The van der Waals surface area contributed by atoms with Crippen LogP contribution in [0.5, 0.6) is 0 Å². The molecular weight excluding hydrogens is 486 g/mol. The lowest BCUT2D eigenvalue weighted by Crippen LogP contribution is -2.48. The summed E-state index contributed by atoms with van der Waals surface area (Å²) in [6.07, 6.45) is 0.588. The molecule has 2 aromatic carbocycles. The highest BCUT2D eigenvalue weighted by Gasteiger charge is 2.23. The Bertz CT molecular complexity index is 1140. The van der Waals surface area contributed by atoms with E-state index in [9.17, 15) is 13.2 Å². The number of piperazine rings is 1. The summed E-state index contributed by atoms with van der Waals surface area (Å²) in [5.74, 6) is 0.00964. The van der Waals surface area contributed by atoms with Crippen molar-refractivity contribution < 1.29 is 13.2 Å². The van der Waals surface area contributed by atoms with Crippen molar-refractivity contribution in [3.05, 3.63) is 53.0 Å². The standard InChI is InChI=1S/C21H22BrN3O3S2/c22-16-8-9-18-19(15-16)29-21(23-18)25-12-10-24(11-13-25)20(26)7-4-14-30(27,28)17-5-2-1-3-6-17/h1-3,5-6,8-9,15H,4,7,10-14H2.